The Labute approximate surface area is 224 Å². The van der Waals surface area contributed by atoms with Gasteiger partial charge in [0.15, 0.2) is 0 Å². The highest BCUT2D eigenvalue weighted by molar-refractivity contribution is 6.05. The average molecular weight is 524 g/mol. The smallest absolute Gasteiger partial charge is 0.410 e. The van der Waals surface area contributed by atoms with Crippen molar-refractivity contribution >= 4 is 23.5 Å². The minimum Gasteiger partial charge on any atom is -0.469 e. The van der Waals surface area contributed by atoms with Crippen molar-refractivity contribution in [3.05, 3.63) is 65.5 Å². The van der Waals surface area contributed by atoms with Gasteiger partial charge in [-0.2, -0.15) is 5.10 Å². The number of ether oxygens (including phenoxy) is 2. The van der Waals surface area contributed by atoms with Gasteiger partial charge in [-0.3, -0.25) is 9.80 Å². The molecule has 38 heavy (non-hydrogen) atoms. The number of amides is 1. The average Bonchev–Trinajstić information content (AvgIpc) is 3.20. The van der Waals surface area contributed by atoms with Crippen LogP contribution >= 0.6 is 0 Å². The highest BCUT2D eigenvalue weighted by Crippen LogP contribution is 2.33. The number of likely N-dealkylation sites (tertiary alicyclic amines) is 1. The van der Waals surface area contributed by atoms with Gasteiger partial charge in [0.2, 0.25) is 0 Å². The number of anilines is 1. The summed E-state index contributed by atoms with van der Waals surface area (Å²) in [5, 5.41) is 6.77. The van der Waals surface area contributed by atoms with Gasteiger partial charge in [-0.15, -0.1) is 0 Å². The van der Waals surface area contributed by atoms with Gasteiger partial charge in [-0.05, 0) is 81.3 Å². The SMILES string of the molecule is COC(=O)CC1C(C)C(c2ccc(F)cc2)=NN1c1ccc(CC2CCN(C(=O)OC(C)(C)C)CC2)cc1. The summed E-state index contributed by atoms with van der Waals surface area (Å²) in [5.41, 5.74) is 3.29. The lowest BCUT2D eigenvalue weighted by atomic mass is 9.90. The second kappa shape index (κ2) is 11.5. The molecular weight excluding hydrogens is 485 g/mol. The van der Waals surface area contributed by atoms with Crippen LogP contribution in [0.25, 0.3) is 0 Å². The number of piperidine rings is 1. The third-order valence-corrected chi connectivity index (χ3v) is 7.27. The maximum absolute atomic E-state index is 13.5. The Morgan fingerprint density at radius 2 is 1.66 bits per heavy atom. The van der Waals surface area contributed by atoms with Gasteiger partial charge in [0.1, 0.15) is 11.4 Å². The molecule has 2 heterocycles. The Bertz CT molecular complexity index is 1150. The molecule has 8 heteroatoms. The lowest BCUT2D eigenvalue weighted by Gasteiger charge is -2.33. The van der Waals surface area contributed by atoms with Crippen molar-refractivity contribution in [1.82, 2.24) is 4.90 Å². The van der Waals surface area contributed by atoms with E-state index < -0.39 is 5.60 Å². The number of nitrogens with zero attached hydrogens (tertiary/aromatic N) is 3. The van der Waals surface area contributed by atoms with Crippen LogP contribution in [0.15, 0.2) is 53.6 Å². The van der Waals surface area contributed by atoms with Crippen LogP contribution in [0.3, 0.4) is 0 Å². The maximum atomic E-state index is 13.5. The standard InChI is InChI=1S/C30H38FN3O4/c1-20-26(19-27(35)37-5)34(32-28(20)23-8-10-24(31)11-9-23)25-12-6-21(7-13-25)18-22-14-16-33(17-15-22)29(36)38-30(2,3)4/h6-13,20,22,26H,14-19H2,1-5H3. The molecule has 0 aromatic heterocycles. The third-order valence-electron chi connectivity index (χ3n) is 7.27. The van der Waals surface area contributed by atoms with E-state index in [-0.39, 0.29) is 36.3 Å². The molecule has 1 amide bonds. The van der Waals surface area contributed by atoms with Crippen LogP contribution in [0.2, 0.25) is 0 Å². The normalized spacial score (nSPS) is 20.3. The molecule has 2 unspecified atom stereocenters. The van der Waals surface area contributed by atoms with Crippen molar-refractivity contribution < 1.29 is 23.5 Å². The quantitative estimate of drug-likeness (QED) is 0.447. The van der Waals surface area contributed by atoms with E-state index in [1.807, 2.05) is 44.8 Å². The zero-order chi connectivity index (χ0) is 27.4. The Kier molecular flexibility index (Phi) is 8.38. The number of halogens is 1. The Hall–Kier alpha value is -3.42. The Balaban J connectivity index is 1.43. The molecule has 0 spiro atoms. The fourth-order valence-corrected chi connectivity index (χ4v) is 5.15. The summed E-state index contributed by atoms with van der Waals surface area (Å²) in [7, 11) is 1.39. The van der Waals surface area contributed by atoms with E-state index >= 15 is 0 Å². The number of methoxy groups -OCH3 is 1. The van der Waals surface area contributed by atoms with E-state index in [0.717, 1.165) is 36.2 Å². The van der Waals surface area contributed by atoms with Crippen LogP contribution in [0, 0.1) is 17.7 Å². The van der Waals surface area contributed by atoms with Gasteiger partial charge >= 0.3 is 12.1 Å². The van der Waals surface area contributed by atoms with Gasteiger partial charge in [0.05, 0.1) is 31.0 Å². The molecule has 1 fully saturated rings. The summed E-state index contributed by atoms with van der Waals surface area (Å²) in [4.78, 5) is 26.4. The van der Waals surface area contributed by atoms with Crippen LogP contribution in [-0.2, 0) is 20.7 Å². The van der Waals surface area contributed by atoms with Crippen LogP contribution in [0.5, 0.6) is 0 Å². The first-order valence-electron chi connectivity index (χ1n) is 13.3. The first-order chi connectivity index (χ1) is 18.0. The molecule has 2 aromatic carbocycles. The van der Waals surface area contributed by atoms with Crippen LogP contribution in [0.4, 0.5) is 14.9 Å². The predicted octanol–water partition coefficient (Wildman–Crippen LogP) is 5.81. The molecule has 2 aliphatic heterocycles. The molecule has 0 saturated carbocycles. The molecule has 1 saturated heterocycles. The number of benzene rings is 2. The van der Waals surface area contributed by atoms with Crippen LogP contribution < -0.4 is 5.01 Å². The van der Waals surface area contributed by atoms with Gasteiger partial charge in [-0.25, -0.2) is 9.18 Å². The van der Waals surface area contributed by atoms with E-state index in [9.17, 15) is 14.0 Å². The zero-order valence-corrected chi connectivity index (χ0v) is 22.9. The summed E-state index contributed by atoms with van der Waals surface area (Å²) >= 11 is 0. The summed E-state index contributed by atoms with van der Waals surface area (Å²) in [6.45, 7) is 9.11. The minimum atomic E-state index is -0.484. The lowest BCUT2D eigenvalue weighted by Crippen LogP contribution is -2.42. The Morgan fingerprint density at radius 3 is 2.24 bits per heavy atom. The Morgan fingerprint density at radius 1 is 1.03 bits per heavy atom. The summed E-state index contributed by atoms with van der Waals surface area (Å²) in [6.07, 6.45) is 2.79. The first-order valence-corrected chi connectivity index (χ1v) is 13.3. The first kappa shape index (κ1) is 27.6. The molecule has 2 atom stereocenters. The van der Waals surface area contributed by atoms with Gasteiger partial charge in [0, 0.05) is 19.0 Å². The number of carbonyl (C=O) groups excluding carboxylic acids is 2. The van der Waals surface area contributed by atoms with E-state index in [2.05, 4.69) is 12.1 Å². The van der Waals surface area contributed by atoms with Gasteiger partial charge in [0.25, 0.3) is 0 Å². The predicted molar refractivity (Wildman–Crippen MR) is 146 cm³/mol. The van der Waals surface area contributed by atoms with E-state index in [1.165, 1.54) is 24.8 Å². The number of rotatable bonds is 6. The molecule has 0 aliphatic carbocycles. The van der Waals surface area contributed by atoms with Crippen molar-refractivity contribution in [1.29, 1.82) is 0 Å². The second-order valence-corrected chi connectivity index (χ2v) is 11.3. The van der Waals surface area contributed by atoms with Crippen molar-refractivity contribution in [3.63, 3.8) is 0 Å². The molecule has 4 rings (SSSR count). The second-order valence-electron chi connectivity index (χ2n) is 11.3. The number of hydrazone groups is 1. The van der Waals surface area contributed by atoms with Crippen molar-refractivity contribution in [2.24, 2.45) is 16.9 Å². The van der Waals surface area contributed by atoms with Gasteiger partial charge in [-0.1, -0.05) is 31.2 Å². The van der Waals surface area contributed by atoms with Crippen molar-refractivity contribution in [3.8, 4) is 0 Å². The third kappa shape index (κ3) is 6.71. The molecule has 7 nitrogen and oxygen atoms in total. The highest BCUT2D eigenvalue weighted by Gasteiger charge is 2.37. The lowest BCUT2D eigenvalue weighted by molar-refractivity contribution is -0.141. The molecular formula is C30H38FN3O4. The number of hydrogen-bond donors (Lipinski definition) is 0. The molecule has 0 bridgehead atoms. The molecule has 2 aromatic rings. The topological polar surface area (TPSA) is 71.4 Å². The fraction of sp³-hybridized carbons (Fsp3) is 0.500. The van der Waals surface area contributed by atoms with E-state index in [4.69, 9.17) is 14.6 Å². The van der Waals surface area contributed by atoms with Crippen LogP contribution in [-0.4, -0.2) is 54.5 Å². The largest absolute Gasteiger partial charge is 0.469 e. The van der Waals surface area contributed by atoms with E-state index in [0.29, 0.717) is 19.0 Å². The highest BCUT2D eigenvalue weighted by atomic mass is 19.1. The van der Waals surface area contributed by atoms with Crippen LogP contribution in [0.1, 0.15) is 58.1 Å². The number of carbonyl (C=O) groups is 2. The number of esters is 1. The molecule has 0 radical (unpaired) electrons. The summed E-state index contributed by atoms with van der Waals surface area (Å²) < 4.78 is 24.0. The van der Waals surface area contributed by atoms with E-state index in [1.54, 1.807) is 17.0 Å². The zero-order valence-electron chi connectivity index (χ0n) is 22.9. The summed E-state index contributed by atoms with van der Waals surface area (Å²) in [6, 6.07) is 14.4. The minimum absolute atomic E-state index is 0.0469. The van der Waals surface area contributed by atoms with Crippen molar-refractivity contribution in [2.75, 3.05) is 25.2 Å². The molecule has 0 N–H and O–H groups in total. The monoisotopic (exact) mass is 523 g/mol. The fourth-order valence-electron chi connectivity index (χ4n) is 5.15. The molecule has 2 aliphatic rings. The van der Waals surface area contributed by atoms with Gasteiger partial charge < -0.3 is 14.4 Å². The maximum Gasteiger partial charge on any atom is 0.410 e. The summed E-state index contributed by atoms with van der Waals surface area (Å²) in [5.74, 6) is -0.137. The number of hydrogen-bond acceptors (Lipinski definition) is 6. The van der Waals surface area contributed by atoms with Crippen molar-refractivity contribution in [2.45, 2.75) is 65.0 Å². The molecule has 204 valence electrons.